The maximum Gasteiger partial charge on any atom is 0.237 e. The molecule has 0 radical (unpaired) electrons. The van der Waals surface area contributed by atoms with Crippen LogP contribution in [0.5, 0.6) is 0 Å². The third-order valence-electron chi connectivity index (χ3n) is 9.95. The lowest BCUT2D eigenvalue weighted by atomic mass is 9.90. The van der Waals surface area contributed by atoms with E-state index in [9.17, 15) is 19.2 Å². The van der Waals surface area contributed by atoms with Gasteiger partial charge < -0.3 is 39.4 Å². The number of benzene rings is 1. The lowest BCUT2D eigenvalue weighted by Gasteiger charge is -2.38. The van der Waals surface area contributed by atoms with Crippen LogP contribution in [0.1, 0.15) is 120 Å². The molecule has 0 aromatic heterocycles. The topological polar surface area (TPSA) is 130 Å². The second-order valence-electron chi connectivity index (χ2n) is 15.7. The zero-order valence-electron chi connectivity index (χ0n) is 39.1. The first-order valence-corrected chi connectivity index (χ1v) is 21.3. The number of likely N-dealkylation sites (N-methyl/N-ethyl adjacent to an activating group) is 2. The number of amides is 3. The fourth-order valence-corrected chi connectivity index (χ4v) is 7.35. The number of rotatable bonds is 21. The molecule has 332 valence electrons. The number of hydrogen-bond donors (Lipinski definition) is 2. The van der Waals surface area contributed by atoms with Crippen molar-refractivity contribution in [3.05, 3.63) is 35.9 Å². The highest BCUT2D eigenvalue weighted by atomic mass is 16.5. The Balaban J connectivity index is 0. The average Bonchev–Trinajstić information content (AvgIpc) is 3.66. The Morgan fingerprint density at radius 2 is 1.46 bits per heavy atom. The predicted molar refractivity (Wildman–Crippen MR) is 234 cm³/mol. The van der Waals surface area contributed by atoms with Crippen LogP contribution < -0.4 is 10.6 Å². The molecule has 1 aliphatic heterocycles. The Bertz CT molecular complexity index is 1190. The van der Waals surface area contributed by atoms with Crippen molar-refractivity contribution in [2.24, 2.45) is 17.8 Å². The fraction of sp³-hybridized carbons (Fsp3) is 0.778. The Morgan fingerprint density at radius 1 is 0.877 bits per heavy atom. The van der Waals surface area contributed by atoms with E-state index in [1.54, 1.807) is 14.2 Å². The van der Waals surface area contributed by atoms with Gasteiger partial charge in [-0.25, -0.2) is 0 Å². The summed E-state index contributed by atoms with van der Waals surface area (Å²) in [5.74, 6) is 0.0599. The molecule has 1 fully saturated rings. The first kappa shape index (κ1) is 56.2. The number of nitrogens with zero attached hydrogens (tertiary/aromatic N) is 3. The minimum absolute atomic E-state index is 0.0256. The van der Waals surface area contributed by atoms with Crippen molar-refractivity contribution in [2.75, 3.05) is 62.0 Å². The van der Waals surface area contributed by atoms with Crippen LogP contribution in [0.4, 0.5) is 0 Å². The number of hydrogen-bond acceptors (Lipinski definition) is 9. The van der Waals surface area contributed by atoms with E-state index < -0.39 is 12.0 Å². The van der Waals surface area contributed by atoms with Crippen LogP contribution >= 0.6 is 0 Å². The van der Waals surface area contributed by atoms with Gasteiger partial charge in [0.1, 0.15) is 12.4 Å². The van der Waals surface area contributed by atoms with E-state index in [2.05, 4.69) is 43.2 Å². The molecule has 1 saturated heterocycles. The van der Waals surface area contributed by atoms with E-state index >= 15 is 0 Å². The van der Waals surface area contributed by atoms with Crippen LogP contribution in [0.2, 0.25) is 0 Å². The predicted octanol–water partition coefficient (Wildman–Crippen LogP) is 6.62. The molecule has 0 spiro atoms. The highest BCUT2D eigenvalue weighted by molar-refractivity contribution is 5.83. The third-order valence-corrected chi connectivity index (χ3v) is 9.95. The molecule has 57 heavy (non-hydrogen) atoms. The fourth-order valence-electron chi connectivity index (χ4n) is 7.35. The zero-order chi connectivity index (χ0) is 44.2. The molecule has 8 atom stereocenters. The smallest absolute Gasteiger partial charge is 0.237 e. The van der Waals surface area contributed by atoms with E-state index in [0.29, 0.717) is 31.7 Å². The first-order chi connectivity index (χ1) is 27.0. The summed E-state index contributed by atoms with van der Waals surface area (Å²) >= 11 is 0. The molecule has 1 aromatic carbocycles. The van der Waals surface area contributed by atoms with Crippen molar-refractivity contribution in [3.8, 4) is 0 Å². The number of nitrogens with one attached hydrogen (secondary N) is 2. The number of likely N-dealkylation sites (tertiary alicyclic amines) is 1. The van der Waals surface area contributed by atoms with Crippen molar-refractivity contribution in [2.45, 2.75) is 151 Å². The molecule has 0 bridgehead atoms. The second kappa shape index (κ2) is 32.0. The normalized spacial score (nSPS) is 17.4. The SMILES string of the molecule is CC.CC(C)C(C(=O)NCC=O)N(C)C.CCC.CCC(C)C(C(CC(=O)N1CCCC1C(OC)C(C)C(=O)NCC(OC(C)C)c1ccccc1)OC)N(C)C. The molecule has 1 aliphatic rings. The summed E-state index contributed by atoms with van der Waals surface area (Å²) in [6.45, 7) is 23.6. The number of aldehydes is 1. The van der Waals surface area contributed by atoms with Gasteiger partial charge in [0.2, 0.25) is 17.7 Å². The lowest BCUT2D eigenvalue weighted by Crippen LogP contribution is -2.52. The lowest BCUT2D eigenvalue weighted by molar-refractivity contribution is -0.143. The van der Waals surface area contributed by atoms with Crippen molar-refractivity contribution < 1.29 is 33.4 Å². The van der Waals surface area contributed by atoms with Gasteiger partial charge in [-0.15, -0.1) is 0 Å². The van der Waals surface area contributed by atoms with Crippen LogP contribution in [0, 0.1) is 17.8 Å². The number of ether oxygens (including phenoxy) is 3. The Kier molecular flexibility index (Phi) is 31.6. The molecular weight excluding hydrogens is 723 g/mol. The molecule has 1 heterocycles. The maximum absolute atomic E-state index is 13.6. The third kappa shape index (κ3) is 20.6. The standard InChI is InChI=1S/C31H53N3O5.C9H18N2O2.C3H8.C2H6/c1-10-22(4)29(33(6)7)26(37-8)19-28(35)34-18-14-17-25(34)30(38-9)23(5)31(36)32-20-27(39-21(2)3)24-15-12-11-13-16-24;1-7(2)8(11(3)4)9(13)10-5-6-12;1-3-2;1-2/h11-13,15-16,21-23,25-27,29-30H,10,14,17-20H2,1-9H3,(H,32,36);6-8H,5H2,1-4H3,(H,10,13);3H2,1-2H3;1-2H3. The summed E-state index contributed by atoms with van der Waals surface area (Å²) < 4.78 is 17.9. The molecule has 2 N–H and O–H groups in total. The summed E-state index contributed by atoms with van der Waals surface area (Å²) in [6.07, 6.45) is 4.13. The van der Waals surface area contributed by atoms with Crippen molar-refractivity contribution in [1.29, 1.82) is 0 Å². The van der Waals surface area contributed by atoms with Gasteiger partial charge in [0.15, 0.2) is 0 Å². The van der Waals surface area contributed by atoms with Gasteiger partial charge in [-0.05, 0) is 72.3 Å². The molecule has 12 nitrogen and oxygen atoms in total. The van der Waals surface area contributed by atoms with E-state index in [-0.39, 0.29) is 66.6 Å². The monoisotopic (exact) mass is 808 g/mol. The minimum Gasteiger partial charge on any atom is -0.379 e. The van der Waals surface area contributed by atoms with Gasteiger partial charge in [0.25, 0.3) is 0 Å². The Labute approximate surface area is 348 Å². The van der Waals surface area contributed by atoms with Crippen molar-refractivity contribution >= 4 is 24.0 Å². The maximum atomic E-state index is 13.6. The van der Waals surface area contributed by atoms with Crippen LogP contribution in [0.25, 0.3) is 0 Å². The van der Waals surface area contributed by atoms with E-state index in [1.807, 2.05) is 117 Å². The number of methoxy groups -OCH3 is 2. The van der Waals surface area contributed by atoms with Crippen molar-refractivity contribution in [1.82, 2.24) is 25.3 Å². The quantitative estimate of drug-likeness (QED) is 0.132. The summed E-state index contributed by atoms with van der Waals surface area (Å²) in [4.78, 5) is 54.4. The van der Waals surface area contributed by atoms with Crippen LogP contribution in [-0.4, -0.2) is 137 Å². The molecule has 3 amide bonds. The summed E-state index contributed by atoms with van der Waals surface area (Å²) in [6, 6.07) is 9.75. The van der Waals surface area contributed by atoms with E-state index in [1.165, 1.54) is 6.42 Å². The van der Waals surface area contributed by atoms with Crippen LogP contribution in [0.3, 0.4) is 0 Å². The Morgan fingerprint density at radius 3 is 1.89 bits per heavy atom. The highest BCUT2D eigenvalue weighted by Crippen LogP contribution is 2.29. The van der Waals surface area contributed by atoms with Gasteiger partial charge in [0, 0.05) is 33.4 Å². The highest BCUT2D eigenvalue weighted by Gasteiger charge is 2.41. The van der Waals surface area contributed by atoms with Gasteiger partial charge in [0.05, 0.1) is 49.3 Å². The van der Waals surface area contributed by atoms with Crippen LogP contribution in [0.15, 0.2) is 30.3 Å². The summed E-state index contributed by atoms with van der Waals surface area (Å²) in [5, 5.41) is 5.63. The average molecular weight is 808 g/mol. The first-order valence-electron chi connectivity index (χ1n) is 21.3. The molecule has 2 rings (SSSR count). The van der Waals surface area contributed by atoms with Crippen LogP contribution in [-0.2, 0) is 33.4 Å². The molecule has 8 unspecified atom stereocenters. The van der Waals surface area contributed by atoms with E-state index in [0.717, 1.165) is 24.8 Å². The molecule has 0 saturated carbocycles. The number of carbonyl (C=O) groups is 4. The minimum atomic E-state index is -0.434. The summed E-state index contributed by atoms with van der Waals surface area (Å²) in [7, 11) is 11.1. The van der Waals surface area contributed by atoms with Gasteiger partial charge >= 0.3 is 0 Å². The van der Waals surface area contributed by atoms with Crippen molar-refractivity contribution in [3.63, 3.8) is 0 Å². The molecule has 1 aromatic rings. The van der Waals surface area contributed by atoms with Gasteiger partial charge in [-0.3, -0.25) is 19.3 Å². The second-order valence-corrected chi connectivity index (χ2v) is 15.7. The number of carbonyl (C=O) groups excluding carboxylic acids is 4. The van der Waals surface area contributed by atoms with Gasteiger partial charge in [-0.2, -0.15) is 0 Å². The van der Waals surface area contributed by atoms with Gasteiger partial charge in [-0.1, -0.05) is 105 Å². The summed E-state index contributed by atoms with van der Waals surface area (Å²) in [5.41, 5.74) is 1.02. The zero-order valence-corrected chi connectivity index (χ0v) is 39.1. The molecule has 12 heteroatoms. The van der Waals surface area contributed by atoms with E-state index in [4.69, 9.17) is 14.2 Å². The molecular formula is C45H85N5O7. The largest absolute Gasteiger partial charge is 0.379 e. The Hall–Kier alpha value is -2.90. The molecule has 0 aliphatic carbocycles.